The van der Waals surface area contributed by atoms with E-state index in [1.54, 1.807) is 25.2 Å². The van der Waals surface area contributed by atoms with Crippen LogP contribution in [0.3, 0.4) is 0 Å². The van der Waals surface area contributed by atoms with Gasteiger partial charge in [0.05, 0.1) is 38.6 Å². The third-order valence-corrected chi connectivity index (χ3v) is 5.68. The van der Waals surface area contributed by atoms with Gasteiger partial charge >= 0.3 is 5.97 Å². The van der Waals surface area contributed by atoms with E-state index in [2.05, 4.69) is 5.32 Å². The number of carbonyl (C=O) groups excluding carboxylic acids is 1. The molecule has 168 valence electrons. The molecule has 0 radical (unpaired) electrons. The molecule has 0 saturated carbocycles. The Hall–Kier alpha value is -3.46. The van der Waals surface area contributed by atoms with E-state index in [-0.39, 0.29) is 0 Å². The number of methoxy groups -OCH3 is 3. The summed E-state index contributed by atoms with van der Waals surface area (Å²) < 4.78 is 27.2. The summed E-state index contributed by atoms with van der Waals surface area (Å²) in [5.41, 5.74) is 2.56. The zero-order valence-corrected chi connectivity index (χ0v) is 19.1. The Bertz CT molecular complexity index is 1080. The summed E-state index contributed by atoms with van der Waals surface area (Å²) in [7, 11) is 4.50. The minimum atomic E-state index is -0.549. The van der Waals surface area contributed by atoms with Crippen LogP contribution in [0.4, 0.5) is 5.69 Å². The number of esters is 1. The van der Waals surface area contributed by atoms with Gasteiger partial charge in [0.15, 0.2) is 16.6 Å². The Morgan fingerprint density at radius 1 is 1.03 bits per heavy atom. The maximum atomic E-state index is 12.9. The number of rotatable bonds is 5. The van der Waals surface area contributed by atoms with Crippen LogP contribution in [0.15, 0.2) is 47.7 Å². The molecule has 1 atom stereocenters. The van der Waals surface area contributed by atoms with Gasteiger partial charge in [0.2, 0.25) is 0 Å². The molecule has 0 spiro atoms. The minimum Gasteiger partial charge on any atom is -0.497 e. The van der Waals surface area contributed by atoms with Crippen LogP contribution in [-0.2, 0) is 9.53 Å². The van der Waals surface area contributed by atoms with Crippen molar-refractivity contribution < 1.29 is 28.5 Å². The molecule has 32 heavy (non-hydrogen) atoms. The van der Waals surface area contributed by atoms with E-state index in [4.69, 9.17) is 35.9 Å². The van der Waals surface area contributed by atoms with Gasteiger partial charge in [-0.1, -0.05) is 0 Å². The lowest BCUT2D eigenvalue weighted by Crippen LogP contribution is -2.48. The average Bonchev–Trinajstić information content (AvgIpc) is 2.82. The maximum Gasteiger partial charge on any atom is 0.337 e. The summed E-state index contributed by atoms with van der Waals surface area (Å²) in [5, 5.41) is 3.70. The van der Waals surface area contributed by atoms with Crippen molar-refractivity contribution in [2.75, 3.05) is 39.4 Å². The number of ether oxygens (including phenoxy) is 5. The second-order valence-corrected chi connectivity index (χ2v) is 7.57. The van der Waals surface area contributed by atoms with E-state index in [1.165, 1.54) is 7.11 Å². The van der Waals surface area contributed by atoms with Crippen LogP contribution in [0.5, 0.6) is 23.0 Å². The molecule has 0 amide bonds. The van der Waals surface area contributed by atoms with Crippen LogP contribution in [0.25, 0.3) is 0 Å². The van der Waals surface area contributed by atoms with Crippen molar-refractivity contribution in [2.24, 2.45) is 0 Å². The van der Waals surface area contributed by atoms with Crippen molar-refractivity contribution in [2.45, 2.75) is 13.0 Å². The first-order valence-electron chi connectivity index (χ1n) is 9.99. The van der Waals surface area contributed by atoms with Gasteiger partial charge in [-0.3, -0.25) is 4.90 Å². The van der Waals surface area contributed by atoms with Crippen LogP contribution < -0.4 is 29.2 Å². The van der Waals surface area contributed by atoms with Gasteiger partial charge < -0.3 is 29.0 Å². The SMILES string of the molecule is COC(=O)C1=C(C)N(c2ccc3c(c2)OCCO3)C(=S)N[C@H]1c1cc(OC)cc(OC)c1. The van der Waals surface area contributed by atoms with Crippen molar-refractivity contribution in [1.29, 1.82) is 0 Å². The molecule has 4 rings (SSSR count). The molecule has 2 aromatic rings. The monoisotopic (exact) mass is 456 g/mol. The number of anilines is 1. The predicted octanol–water partition coefficient (Wildman–Crippen LogP) is 3.36. The zero-order valence-electron chi connectivity index (χ0n) is 18.3. The highest BCUT2D eigenvalue weighted by Crippen LogP contribution is 2.39. The summed E-state index contributed by atoms with van der Waals surface area (Å²) in [6, 6.07) is 10.4. The molecule has 2 heterocycles. The van der Waals surface area contributed by atoms with Crippen LogP contribution in [-0.4, -0.2) is 45.6 Å². The summed E-state index contributed by atoms with van der Waals surface area (Å²) in [4.78, 5) is 14.7. The Labute approximate surface area is 191 Å². The standard InChI is InChI=1S/C23H24N2O6S/c1-13-20(22(26)29-4)21(14-9-16(27-2)12-17(10-14)28-3)24-23(32)25(13)15-5-6-18-19(11-15)31-8-7-30-18/h5-6,9-12,21H,7-8H2,1-4H3,(H,24,32)/t21-/m0/s1. The van der Waals surface area contributed by atoms with E-state index in [0.717, 1.165) is 11.3 Å². The molecule has 1 N–H and O–H groups in total. The molecule has 8 nitrogen and oxygen atoms in total. The van der Waals surface area contributed by atoms with Crippen LogP contribution in [0.1, 0.15) is 18.5 Å². The molecule has 0 fully saturated rings. The van der Waals surface area contributed by atoms with Crippen LogP contribution >= 0.6 is 12.2 Å². The number of thiocarbonyl (C=S) groups is 1. The second kappa shape index (κ2) is 8.96. The van der Waals surface area contributed by atoms with E-state index < -0.39 is 12.0 Å². The highest BCUT2D eigenvalue weighted by Gasteiger charge is 2.36. The number of nitrogens with zero attached hydrogens (tertiary/aromatic N) is 1. The third-order valence-electron chi connectivity index (χ3n) is 5.38. The first-order chi connectivity index (χ1) is 15.5. The summed E-state index contributed by atoms with van der Waals surface area (Å²) in [6.45, 7) is 2.81. The summed E-state index contributed by atoms with van der Waals surface area (Å²) in [6.07, 6.45) is 0. The first kappa shape index (κ1) is 21.8. The van der Waals surface area contributed by atoms with E-state index in [0.29, 0.717) is 52.6 Å². The lowest BCUT2D eigenvalue weighted by molar-refractivity contribution is -0.136. The minimum absolute atomic E-state index is 0.422. The molecular formula is C23H24N2O6S. The van der Waals surface area contributed by atoms with Crippen molar-refractivity contribution in [3.8, 4) is 23.0 Å². The molecule has 9 heteroatoms. The lowest BCUT2D eigenvalue weighted by atomic mass is 9.94. The average molecular weight is 457 g/mol. The fourth-order valence-corrected chi connectivity index (χ4v) is 4.21. The summed E-state index contributed by atoms with van der Waals surface area (Å²) >= 11 is 5.71. The Kier molecular flexibility index (Phi) is 6.09. The van der Waals surface area contributed by atoms with Crippen LogP contribution in [0, 0.1) is 0 Å². The van der Waals surface area contributed by atoms with Gasteiger partial charge in [-0.05, 0) is 49.0 Å². The fourth-order valence-electron chi connectivity index (χ4n) is 3.85. The van der Waals surface area contributed by atoms with E-state index in [9.17, 15) is 4.79 Å². The molecule has 0 bridgehead atoms. The van der Waals surface area contributed by atoms with Crippen molar-refractivity contribution in [3.05, 3.63) is 53.2 Å². The molecule has 0 unspecified atom stereocenters. The van der Waals surface area contributed by atoms with Crippen molar-refractivity contribution in [3.63, 3.8) is 0 Å². The number of benzene rings is 2. The Balaban J connectivity index is 1.82. The molecule has 0 aliphatic carbocycles. The first-order valence-corrected chi connectivity index (χ1v) is 10.4. The highest BCUT2D eigenvalue weighted by atomic mass is 32.1. The van der Waals surface area contributed by atoms with Gasteiger partial charge in [0.1, 0.15) is 24.7 Å². The smallest absolute Gasteiger partial charge is 0.337 e. The predicted molar refractivity (Wildman–Crippen MR) is 123 cm³/mol. The Morgan fingerprint density at radius 2 is 1.69 bits per heavy atom. The fraction of sp³-hybridized carbons (Fsp3) is 0.304. The number of hydrogen-bond acceptors (Lipinski definition) is 7. The molecular weight excluding hydrogens is 432 g/mol. The third kappa shape index (κ3) is 3.91. The molecule has 2 aliphatic heterocycles. The number of allylic oxidation sites excluding steroid dienone is 1. The van der Waals surface area contributed by atoms with Gasteiger partial charge in [-0.2, -0.15) is 0 Å². The largest absolute Gasteiger partial charge is 0.497 e. The van der Waals surface area contributed by atoms with Gasteiger partial charge in [0.25, 0.3) is 0 Å². The molecule has 2 aromatic carbocycles. The van der Waals surface area contributed by atoms with E-state index >= 15 is 0 Å². The van der Waals surface area contributed by atoms with Crippen LogP contribution in [0.2, 0.25) is 0 Å². The van der Waals surface area contributed by atoms with Gasteiger partial charge in [-0.15, -0.1) is 0 Å². The summed E-state index contributed by atoms with van der Waals surface area (Å²) in [5.74, 6) is 2.04. The van der Waals surface area contributed by atoms with Gasteiger partial charge in [0, 0.05) is 17.8 Å². The van der Waals surface area contributed by atoms with Gasteiger partial charge in [-0.25, -0.2) is 4.79 Å². The maximum absolute atomic E-state index is 12.9. The lowest BCUT2D eigenvalue weighted by Gasteiger charge is -2.37. The highest BCUT2D eigenvalue weighted by molar-refractivity contribution is 7.80. The number of hydrogen-bond donors (Lipinski definition) is 1. The zero-order chi connectivity index (χ0) is 22.8. The normalized spacial score (nSPS) is 17.6. The molecule has 2 aliphatic rings. The quantitative estimate of drug-likeness (QED) is 0.538. The van der Waals surface area contributed by atoms with Crippen molar-refractivity contribution >= 4 is 29.0 Å². The molecule has 0 saturated heterocycles. The Morgan fingerprint density at radius 3 is 2.31 bits per heavy atom. The van der Waals surface area contributed by atoms with Crippen molar-refractivity contribution in [1.82, 2.24) is 5.32 Å². The topological polar surface area (TPSA) is 78.5 Å². The number of carbonyl (C=O) groups is 1. The number of nitrogens with one attached hydrogen (secondary N) is 1. The number of fused-ring (bicyclic) bond motifs is 1. The second-order valence-electron chi connectivity index (χ2n) is 7.18. The van der Waals surface area contributed by atoms with E-state index in [1.807, 2.05) is 37.3 Å². The molecule has 0 aromatic heterocycles.